The van der Waals surface area contributed by atoms with Crippen molar-refractivity contribution in [2.24, 2.45) is 0 Å². The maximum Gasteiger partial charge on any atom is 0.316 e. The molecule has 4 rings (SSSR count). The van der Waals surface area contributed by atoms with Gasteiger partial charge in [0, 0.05) is 15.8 Å². The summed E-state index contributed by atoms with van der Waals surface area (Å²) in [5.41, 5.74) is 7.45. The molecular formula is C14H11ClN6OS. The lowest BCUT2D eigenvalue weighted by atomic mass is 10.1. The summed E-state index contributed by atoms with van der Waals surface area (Å²) < 4.78 is 6.38. The molecule has 0 amide bonds. The van der Waals surface area contributed by atoms with Crippen LogP contribution in [-0.4, -0.2) is 20.4 Å². The topological polar surface area (TPSA) is 106 Å². The molecule has 0 aliphatic heterocycles. The molecule has 4 N–H and O–H groups in total. The van der Waals surface area contributed by atoms with Crippen LogP contribution in [0.3, 0.4) is 0 Å². The van der Waals surface area contributed by atoms with Crippen molar-refractivity contribution in [2.45, 2.75) is 6.54 Å². The smallest absolute Gasteiger partial charge is 0.316 e. The number of H-pyrrole nitrogens is 1. The van der Waals surface area contributed by atoms with E-state index in [0.29, 0.717) is 24.3 Å². The summed E-state index contributed by atoms with van der Waals surface area (Å²) in [6.45, 7) is 0.576. The maximum atomic E-state index is 5.90. The Kier molecular flexibility index (Phi) is 3.40. The summed E-state index contributed by atoms with van der Waals surface area (Å²) in [5, 5.41) is 18.8. The minimum atomic E-state index is 0.352. The lowest BCUT2D eigenvalue weighted by molar-refractivity contribution is 0.581. The summed E-state index contributed by atoms with van der Waals surface area (Å²) in [6, 6.07) is 9.77. The number of rotatable bonds is 4. The Morgan fingerprint density at radius 3 is 3.00 bits per heavy atom. The highest BCUT2D eigenvalue weighted by Crippen LogP contribution is 2.27. The predicted molar refractivity (Wildman–Crippen MR) is 90.5 cm³/mol. The van der Waals surface area contributed by atoms with Crippen LogP contribution in [-0.2, 0) is 6.54 Å². The van der Waals surface area contributed by atoms with Crippen LogP contribution < -0.4 is 11.1 Å². The summed E-state index contributed by atoms with van der Waals surface area (Å²) in [6.07, 6.45) is 0. The van der Waals surface area contributed by atoms with Crippen LogP contribution in [0.2, 0.25) is 4.34 Å². The number of hydrogen-bond acceptors (Lipinski definition) is 7. The van der Waals surface area contributed by atoms with Crippen molar-refractivity contribution in [3.63, 3.8) is 0 Å². The number of thiophene rings is 1. The highest BCUT2D eigenvalue weighted by molar-refractivity contribution is 7.16. The van der Waals surface area contributed by atoms with E-state index in [1.54, 1.807) is 0 Å². The van der Waals surface area contributed by atoms with Crippen LogP contribution in [0, 0.1) is 0 Å². The average Bonchev–Trinajstić information content (AvgIpc) is 3.26. The number of benzene rings is 1. The van der Waals surface area contributed by atoms with Crippen molar-refractivity contribution in [3.05, 3.63) is 39.5 Å². The highest BCUT2D eigenvalue weighted by atomic mass is 35.5. The standard InChI is InChI=1S/C14H11ClN6OS/c15-11-4-2-8(23-11)6-17-14-21-20-13(22-14)7-1-3-10-9(5-7)12(16)19-18-10/h1-5H,6H2,(H,17,21)(H3,16,18,19). The molecular weight excluding hydrogens is 336 g/mol. The molecule has 23 heavy (non-hydrogen) atoms. The Morgan fingerprint density at radius 1 is 1.26 bits per heavy atom. The third kappa shape index (κ3) is 2.73. The minimum Gasteiger partial charge on any atom is -0.403 e. The molecule has 7 nitrogen and oxygen atoms in total. The van der Waals surface area contributed by atoms with Gasteiger partial charge in [0.05, 0.1) is 16.4 Å². The largest absolute Gasteiger partial charge is 0.403 e. The molecule has 9 heteroatoms. The minimum absolute atomic E-state index is 0.352. The van der Waals surface area contributed by atoms with E-state index < -0.39 is 0 Å². The second kappa shape index (κ2) is 5.56. The van der Waals surface area contributed by atoms with Gasteiger partial charge in [-0.15, -0.1) is 16.4 Å². The van der Waals surface area contributed by atoms with Crippen LogP contribution in [0.5, 0.6) is 0 Å². The summed E-state index contributed by atoms with van der Waals surface area (Å²) in [4.78, 5) is 1.09. The van der Waals surface area contributed by atoms with Gasteiger partial charge in [-0.25, -0.2) is 0 Å². The number of aromatic nitrogens is 4. The first-order valence-electron chi connectivity index (χ1n) is 6.74. The van der Waals surface area contributed by atoms with E-state index >= 15 is 0 Å². The van der Waals surface area contributed by atoms with Crippen molar-refractivity contribution in [1.29, 1.82) is 0 Å². The van der Waals surface area contributed by atoms with Crippen LogP contribution in [0.25, 0.3) is 22.4 Å². The number of nitrogens with one attached hydrogen (secondary N) is 2. The summed E-state index contributed by atoms with van der Waals surface area (Å²) >= 11 is 7.40. The number of nitrogens with zero attached hydrogens (tertiary/aromatic N) is 3. The monoisotopic (exact) mass is 346 g/mol. The molecule has 3 heterocycles. The molecule has 3 aromatic heterocycles. The van der Waals surface area contributed by atoms with Gasteiger partial charge in [0.2, 0.25) is 5.89 Å². The van der Waals surface area contributed by atoms with Crippen molar-refractivity contribution in [3.8, 4) is 11.5 Å². The van der Waals surface area contributed by atoms with Gasteiger partial charge in [-0.2, -0.15) is 5.10 Å². The second-order valence-electron chi connectivity index (χ2n) is 4.84. The number of hydrogen-bond donors (Lipinski definition) is 3. The molecule has 4 aromatic rings. The van der Waals surface area contributed by atoms with Crippen LogP contribution in [0.1, 0.15) is 4.88 Å². The van der Waals surface area contributed by atoms with Crippen molar-refractivity contribution in [2.75, 3.05) is 11.1 Å². The molecule has 0 aliphatic rings. The first-order chi connectivity index (χ1) is 11.2. The normalized spacial score (nSPS) is 11.2. The predicted octanol–water partition coefficient (Wildman–Crippen LogP) is 3.52. The Morgan fingerprint density at radius 2 is 2.17 bits per heavy atom. The first-order valence-corrected chi connectivity index (χ1v) is 7.94. The van der Waals surface area contributed by atoms with Crippen LogP contribution in [0.4, 0.5) is 11.8 Å². The fourth-order valence-corrected chi connectivity index (χ4v) is 3.22. The van der Waals surface area contributed by atoms with Crippen molar-refractivity contribution >= 4 is 45.7 Å². The fraction of sp³-hybridized carbons (Fsp3) is 0.0714. The number of anilines is 2. The van der Waals surface area contributed by atoms with E-state index in [-0.39, 0.29) is 0 Å². The van der Waals surface area contributed by atoms with Crippen LogP contribution in [0.15, 0.2) is 34.7 Å². The van der Waals surface area contributed by atoms with Crippen molar-refractivity contribution in [1.82, 2.24) is 20.4 Å². The van der Waals surface area contributed by atoms with E-state index in [9.17, 15) is 0 Å². The Hall–Kier alpha value is -2.58. The second-order valence-corrected chi connectivity index (χ2v) is 6.64. The Bertz CT molecular complexity index is 975. The number of fused-ring (bicyclic) bond motifs is 1. The third-order valence-electron chi connectivity index (χ3n) is 3.31. The molecule has 0 spiro atoms. The summed E-state index contributed by atoms with van der Waals surface area (Å²) in [5.74, 6) is 0.855. The maximum absolute atomic E-state index is 5.90. The van der Waals surface area contributed by atoms with E-state index in [1.807, 2.05) is 30.3 Å². The quantitative estimate of drug-likeness (QED) is 0.522. The van der Waals surface area contributed by atoms with Gasteiger partial charge in [-0.05, 0) is 30.3 Å². The van der Waals surface area contributed by atoms with Gasteiger partial charge in [-0.3, -0.25) is 5.10 Å². The average molecular weight is 347 g/mol. The van der Waals surface area contributed by atoms with E-state index in [0.717, 1.165) is 25.7 Å². The van der Waals surface area contributed by atoms with Gasteiger partial charge >= 0.3 is 6.01 Å². The van der Waals surface area contributed by atoms with Gasteiger partial charge in [0.25, 0.3) is 0 Å². The molecule has 1 aromatic carbocycles. The van der Waals surface area contributed by atoms with Gasteiger partial charge < -0.3 is 15.5 Å². The Balaban J connectivity index is 1.55. The van der Waals surface area contributed by atoms with Gasteiger partial charge in [0.15, 0.2) is 5.82 Å². The molecule has 0 unspecified atom stereocenters. The van der Waals surface area contributed by atoms with Crippen LogP contribution >= 0.6 is 22.9 Å². The number of nitrogen functional groups attached to an aromatic ring is 1. The van der Waals surface area contributed by atoms with Gasteiger partial charge in [0.1, 0.15) is 0 Å². The fourth-order valence-electron chi connectivity index (χ4n) is 2.19. The number of nitrogens with two attached hydrogens (primary N) is 1. The lowest BCUT2D eigenvalue weighted by Crippen LogP contribution is -1.97. The zero-order valence-electron chi connectivity index (χ0n) is 11.7. The van der Waals surface area contributed by atoms with E-state index in [2.05, 4.69) is 25.7 Å². The zero-order chi connectivity index (χ0) is 15.8. The van der Waals surface area contributed by atoms with E-state index in [1.165, 1.54) is 11.3 Å². The molecule has 0 bridgehead atoms. The highest BCUT2D eigenvalue weighted by Gasteiger charge is 2.11. The number of halogens is 1. The molecule has 0 saturated heterocycles. The lowest BCUT2D eigenvalue weighted by Gasteiger charge is -1.98. The third-order valence-corrected chi connectivity index (χ3v) is 4.54. The molecule has 0 saturated carbocycles. The molecule has 116 valence electrons. The molecule has 0 aliphatic carbocycles. The number of aromatic amines is 1. The molecule has 0 radical (unpaired) electrons. The van der Waals surface area contributed by atoms with Crippen molar-refractivity contribution < 1.29 is 4.42 Å². The first kappa shape index (κ1) is 14.0. The molecule has 0 fully saturated rings. The Labute approximate surface area is 139 Å². The summed E-state index contributed by atoms with van der Waals surface area (Å²) in [7, 11) is 0. The van der Waals surface area contributed by atoms with E-state index in [4.69, 9.17) is 21.8 Å². The molecule has 0 atom stereocenters. The SMILES string of the molecule is Nc1n[nH]c2ccc(-c3nnc(NCc4ccc(Cl)s4)o3)cc12. The van der Waals surface area contributed by atoms with Gasteiger partial charge in [-0.1, -0.05) is 16.7 Å². The zero-order valence-corrected chi connectivity index (χ0v) is 13.3.